The summed E-state index contributed by atoms with van der Waals surface area (Å²) >= 11 is 16.6. The average Bonchev–Trinajstić information content (AvgIpc) is 2.25. The van der Waals surface area contributed by atoms with Gasteiger partial charge in [-0.2, -0.15) is 0 Å². The first-order valence-corrected chi connectivity index (χ1v) is 6.10. The number of alkyl halides is 1. The molecule has 1 unspecified atom stereocenters. The van der Waals surface area contributed by atoms with Crippen molar-refractivity contribution in [3.8, 4) is 0 Å². The van der Waals surface area contributed by atoms with E-state index in [4.69, 9.17) is 39.5 Å². The summed E-state index contributed by atoms with van der Waals surface area (Å²) in [6.45, 7) is 0. The van der Waals surface area contributed by atoms with Crippen molar-refractivity contribution in [3.63, 3.8) is 0 Å². The third-order valence-corrected chi connectivity index (χ3v) is 2.68. The summed E-state index contributed by atoms with van der Waals surface area (Å²) in [6.07, 6.45) is 1.03. The summed E-state index contributed by atoms with van der Waals surface area (Å²) < 4.78 is 5.00. The zero-order chi connectivity index (χ0) is 12.0. The molecule has 0 heterocycles. The molecule has 16 heavy (non-hydrogen) atoms. The van der Waals surface area contributed by atoms with E-state index in [1.54, 1.807) is 24.3 Å². The van der Waals surface area contributed by atoms with Crippen LogP contribution in [-0.2, 0) is 4.74 Å². The molecule has 0 radical (unpaired) electrons. The van der Waals surface area contributed by atoms with Gasteiger partial charge in [0.15, 0.2) is 0 Å². The average molecular weight is 282 g/mol. The third kappa shape index (κ3) is 4.60. The molecule has 0 bridgehead atoms. The molecule has 0 spiro atoms. The molecule has 0 N–H and O–H groups in total. The van der Waals surface area contributed by atoms with E-state index in [-0.39, 0.29) is 6.10 Å². The summed E-state index contributed by atoms with van der Waals surface area (Å²) in [5.74, 6) is 0.518. The number of carbonyl (C=O) groups excluding carboxylic acids is 1. The van der Waals surface area contributed by atoms with E-state index in [0.29, 0.717) is 17.3 Å². The van der Waals surface area contributed by atoms with Gasteiger partial charge in [0.1, 0.15) is 6.10 Å². The normalized spacial score (nSPS) is 12.2. The Labute approximate surface area is 109 Å². The van der Waals surface area contributed by atoms with Crippen molar-refractivity contribution in [2.75, 3.05) is 5.88 Å². The van der Waals surface area contributed by atoms with Crippen LogP contribution in [0.2, 0.25) is 5.02 Å². The summed E-state index contributed by atoms with van der Waals surface area (Å²) in [5, 5.41) is 0.636. The van der Waals surface area contributed by atoms with Crippen molar-refractivity contribution >= 4 is 40.2 Å². The lowest BCUT2D eigenvalue weighted by Gasteiger charge is -2.16. The second-order valence-electron chi connectivity index (χ2n) is 3.23. The van der Waals surface area contributed by atoms with Crippen LogP contribution in [-0.4, -0.2) is 11.3 Å². The van der Waals surface area contributed by atoms with Crippen LogP contribution in [0.4, 0.5) is 4.79 Å². The molecule has 0 amide bonds. The number of carbonyl (C=O) groups is 1. The van der Waals surface area contributed by atoms with Gasteiger partial charge in [-0.1, -0.05) is 23.7 Å². The molecule has 1 rings (SSSR count). The molecule has 5 heteroatoms. The molecule has 0 fully saturated rings. The first-order valence-electron chi connectivity index (χ1n) is 4.81. The lowest BCUT2D eigenvalue weighted by molar-refractivity contribution is 0.115. The highest BCUT2D eigenvalue weighted by Crippen LogP contribution is 2.25. The van der Waals surface area contributed by atoms with Gasteiger partial charge in [-0.25, -0.2) is 4.79 Å². The van der Waals surface area contributed by atoms with Crippen LogP contribution in [0.15, 0.2) is 24.3 Å². The van der Waals surface area contributed by atoms with Crippen LogP contribution in [0, 0.1) is 0 Å². The highest BCUT2D eigenvalue weighted by atomic mass is 35.5. The van der Waals surface area contributed by atoms with Gasteiger partial charge in [0, 0.05) is 22.5 Å². The maximum Gasteiger partial charge on any atom is 0.404 e. The minimum atomic E-state index is -0.811. The maximum absolute atomic E-state index is 10.7. The topological polar surface area (TPSA) is 26.3 Å². The van der Waals surface area contributed by atoms with Crippen molar-refractivity contribution in [2.24, 2.45) is 0 Å². The monoisotopic (exact) mass is 280 g/mol. The zero-order valence-corrected chi connectivity index (χ0v) is 10.7. The molecule has 2 nitrogen and oxygen atoms in total. The fourth-order valence-corrected chi connectivity index (χ4v) is 1.73. The van der Waals surface area contributed by atoms with Gasteiger partial charge in [-0.05, 0) is 30.5 Å². The Morgan fingerprint density at radius 3 is 2.44 bits per heavy atom. The maximum atomic E-state index is 10.7. The number of hydrogen-bond donors (Lipinski definition) is 0. The van der Waals surface area contributed by atoms with Crippen molar-refractivity contribution in [1.82, 2.24) is 0 Å². The fraction of sp³-hybridized carbons (Fsp3) is 0.364. The second kappa shape index (κ2) is 7.00. The molecular weight excluding hydrogens is 270 g/mol. The van der Waals surface area contributed by atoms with Gasteiger partial charge in [-0.15, -0.1) is 11.6 Å². The van der Waals surface area contributed by atoms with Crippen molar-refractivity contribution in [3.05, 3.63) is 34.9 Å². The van der Waals surface area contributed by atoms with Crippen molar-refractivity contribution in [2.45, 2.75) is 18.9 Å². The van der Waals surface area contributed by atoms with Gasteiger partial charge in [0.2, 0.25) is 0 Å². The minimum Gasteiger partial charge on any atom is -0.445 e. The predicted molar refractivity (Wildman–Crippen MR) is 66.5 cm³/mol. The molecule has 1 aromatic carbocycles. The highest BCUT2D eigenvalue weighted by Gasteiger charge is 2.14. The molecule has 0 aliphatic heterocycles. The van der Waals surface area contributed by atoms with E-state index in [0.717, 1.165) is 12.0 Å². The molecule has 0 saturated carbocycles. The Balaban J connectivity index is 2.74. The quantitative estimate of drug-likeness (QED) is 0.574. The summed E-state index contributed by atoms with van der Waals surface area (Å²) in [5.41, 5.74) is 0.0537. The summed E-state index contributed by atoms with van der Waals surface area (Å²) in [4.78, 5) is 10.7. The molecule has 1 atom stereocenters. The molecule has 1 aromatic rings. The largest absolute Gasteiger partial charge is 0.445 e. The van der Waals surface area contributed by atoms with Gasteiger partial charge >= 0.3 is 5.43 Å². The number of benzene rings is 1. The first-order chi connectivity index (χ1) is 7.63. The van der Waals surface area contributed by atoms with E-state index < -0.39 is 5.43 Å². The van der Waals surface area contributed by atoms with Crippen LogP contribution in [0.25, 0.3) is 0 Å². The first kappa shape index (κ1) is 13.6. The smallest absolute Gasteiger partial charge is 0.404 e. The Kier molecular flexibility index (Phi) is 5.96. The van der Waals surface area contributed by atoms with E-state index in [9.17, 15) is 4.79 Å². The lowest BCUT2D eigenvalue weighted by atomic mass is 10.1. The van der Waals surface area contributed by atoms with E-state index in [1.165, 1.54) is 0 Å². The van der Waals surface area contributed by atoms with Gasteiger partial charge in [0.25, 0.3) is 0 Å². The van der Waals surface area contributed by atoms with Gasteiger partial charge in [0.05, 0.1) is 0 Å². The van der Waals surface area contributed by atoms with Crippen LogP contribution in [0.5, 0.6) is 0 Å². The van der Waals surface area contributed by atoms with Crippen LogP contribution in [0.1, 0.15) is 24.5 Å². The van der Waals surface area contributed by atoms with Crippen molar-refractivity contribution < 1.29 is 9.53 Å². The summed E-state index contributed by atoms with van der Waals surface area (Å²) in [6, 6.07) is 7.10. The van der Waals surface area contributed by atoms with Crippen LogP contribution in [0.3, 0.4) is 0 Å². The Bertz CT molecular complexity index is 338. The lowest BCUT2D eigenvalue weighted by Crippen LogP contribution is -2.06. The Morgan fingerprint density at radius 2 is 1.94 bits per heavy atom. The standard InChI is InChI=1S/C11H11Cl3O2/c12-7-1-2-10(16-11(14)15)8-3-5-9(13)6-4-8/h3-6,10H,1-2,7H2. The zero-order valence-electron chi connectivity index (χ0n) is 8.46. The number of halogens is 3. The van der Waals surface area contributed by atoms with E-state index >= 15 is 0 Å². The van der Waals surface area contributed by atoms with E-state index in [2.05, 4.69) is 0 Å². The molecular formula is C11H11Cl3O2. The van der Waals surface area contributed by atoms with Crippen molar-refractivity contribution in [1.29, 1.82) is 0 Å². The SMILES string of the molecule is O=C(Cl)OC(CCCCl)c1ccc(Cl)cc1. The van der Waals surface area contributed by atoms with Crippen LogP contribution < -0.4 is 0 Å². The summed E-state index contributed by atoms with van der Waals surface area (Å²) in [7, 11) is 0. The number of hydrogen-bond acceptors (Lipinski definition) is 2. The highest BCUT2D eigenvalue weighted by molar-refractivity contribution is 6.61. The predicted octanol–water partition coefficient (Wildman–Crippen LogP) is 4.78. The molecule has 88 valence electrons. The van der Waals surface area contributed by atoms with E-state index in [1.807, 2.05) is 0 Å². The van der Waals surface area contributed by atoms with Gasteiger partial charge < -0.3 is 4.74 Å². The van der Waals surface area contributed by atoms with Crippen LogP contribution >= 0.6 is 34.8 Å². The minimum absolute atomic E-state index is 0.360. The third-order valence-electron chi connectivity index (χ3n) is 2.08. The molecule has 0 aromatic heterocycles. The fourth-order valence-electron chi connectivity index (χ4n) is 1.35. The number of rotatable bonds is 5. The second-order valence-corrected chi connectivity index (χ2v) is 4.35. The molecule has 0 saturated heterocycles. The van der Waals surface area contributed by atoms with Gasteiger partial charge in [-0.3, -0.25) is 0 Å². The Hall–Kier alpha value is -0.440. The number of ether oxygens (including phenoxy) is 1. The molecule has 0 aliphatic rings. The molecule has 0 aliphatic carbocycles. The Morgan fingerprint density at radius 1 is 1.31 bits per heavy atom.